The third kappa shape index (κ3) is 5.00. The second kappa shape index (κ2) is 8.20. The van der Waals surface area contributed by atoms with Crippen LogP contribution in [0.15, 0.2) is 23.1 Å². The molecule has 134 valence electrons. The summed E-state index contributed by atoms with van der Waals surface area (Å²) in [6, 6.07) is 1.89. The number of hydrogen-bond donors (Lipinski definition) is 2. The monoisotopic (exact) mass is 360 g/mol. The maximum atomic E-state index is 13.9. The van der Waals surface area contributed by atoms with Crippen molar-refractivity contribution in [1.82, 2.24) is 10.0 Å². The number of carbonyl (C=O) groups excluding carboxylic acids is 2. The van der Waals surface area contributed by atoms with Crippen LogP contribution in [-0.4, -0.2) is 40.5 Å². The van der Waals surface area contributed by atoms with E-state index in [4.69, 9.17) is 0 Å². The molecule has 24 heavy (non-hydrogen) atoms. The number of carbonyl (C=O) groups is 2. The average Bonchev–Trinajstić information content (AvgIpc) is 2.53. The summed E-state index contributed by atoms with van der Waals surface area (Å²) in [5, 5.41) is 2.38. The Morgan fingerprint density at radius 3 is 2.42 bits per heavy atom. The largest absolute Gasteiger partial charge is 0.467 e. The lowest BCUT2D eigenvalue weighted by Gasteiger charge is -2.18. The second-order valence-corrected chi connectivity index (χ2v) is 7.41. The van der Waals surface area contributed by atoms with E-state index < -0.39 is 39.3 Å². The van der Waals surface area contributed by atoms with Gasteiger partial charge in [0.2, 0.25) is 10.0 Å². The first-order valence-corrected chi connectivity index (χ1v) is 8.72. The highest BCUT2D eigenvalue weighted by atomic mass is 32.2. The molecule has 1 amide bonds. The molecular formula is C15H21FN2O5S. The molecule has 9 heteroatoms. The molecule has 0 aliphatic rings. The Kier molecular flexibility index (Phi) is 6.85. The van der Waals surface area contributed by atoms with Crippen LogP contribution in [0, 0.1) is 11.7 Å². The maximum Gasteiger partial charge on any atom is 0.328 e. The number of benzene rings is 1. The zero-order valence-corrected chi connectivity index (χ0v) is 14.7. The number of methoxy groups -OCH3 is 1. The Morgan fingerprint density at radius 2 is 1.92 bits per heavy atom. The van der Waals surface area contributed by atoms with Gasteiger partial charge in [0.1, 0.15) is 11.9 Å². The molecule has 0 saturated heterocycles. The summed E-state index contributed by atoms with van der Waals surface area (Å²) in [6.07, 6.45) is 0.300. The predicted molar refractivity (Wildman–Crippen MR) is 85.4 cm³/mol. The van der Waals surface area contributed by atoms with E-state index in [-0.39, 0.29) is 10.8 Å². The minimum atomic E-state index is -3.83. The van der Waals surface area contributed by atoms with Gasteiger partial charge in [0.05, 0.1) is 17.6 Å². The van der Waals surface area contributed by atoms with Gasteiger partial charge in [-0.25, -0.2) is 22.3 Å². The van der Waals surface area contributed by atoms with Crippen LogP contribution in [0.4, 0.5) is 4.39 Å². The first kappa shape index (κ1) is 20.0. The van der Waals surface area contributed by atoms with Crippen LogP contribution in [0.25, 0.3) is 0 Å². The van der Waals surface area contributed by atoms with E-state index >= 15 is 0 Å². The first-order chi connectivity index (χ1) is 11.1. The van der Waals surface area contributed by atoms with Crippen molar-refractivity contribution < 1.29 is 27.1 Å². The van der Waals surface area contributed by atoms with Gasteiger partial charge >= 0.3 is 5.97 Å². The lowest BCUT2D eigenvalue weighted by atomic mass is 10.0. The molecule has 1 aromatic carbocycles. The van der Waals surface area contributed by atoms with Crippen molar-refractivity contribution in [2.24, 2.45) is 5.92 Å². The number of hydrogen-bond acceptors (Lipinski definition) is 5. The zero-order chi connectivity index (χ0) is 18.5. The molecule has 1 atom stereocenters. The van der Waals surface area contributed by atoms with Crippen LogP contribution in [0.3, 0.4) is 0 Å². The van der Waals surface area contributed by atoms with Crippen LogP contribution in [0.2, 0.25) is 0 Å². The fourth-order valence-corrected chi connectivity index (χ4v) is 2.78. The molecule has 1 rings (SSSR count). The number of sulfonamides is 1. The third-order valence-electron chi connectivity index (χ3n) is 3.26. The van der Waals surface area contributed by atoms with Crippen LogP contribution in [-0.2, 0) is 19.6 Å². The highest BCUT2D eigenvalue weighted by molar-refractivity contribution is 7.89. The van der Waals surface area contributed by atoms with Gasteiger partial charge in [-0.3, -0.25) is 4.79 Å². The second-order valence-electron chi connectivity index (χ2n) is 5.53. The summed E-state index contributed by atoms with van der Waals surface area (Å²) >= 11 is 0. The molecule has 7 nitrogen and oxygen atoms in total. The summed E-state index contributed by atoms with van der Waals surface area (Å²) in [5.41, 5.74) is -0.469. The third-order valence-corrected chi connectivity index (χ3v) is 4.67. The summed E-state index contributed by atoms with van der Waals surface area (Å²) in [5.74, 6) is -2.36. The average molecular weight is 360 g/mol. The molecule has 0 spiro atoms. The molecule has 1 unspecified atom stereocenters. The predicted octanol–water partition coefficient (Wildman–Crippen LogP) is 1.05. The molecule has 0 aliphatic carbocycles. The van der Waals surface area contributed by atoms with Gasteiger partial charge in [-0.1, -0.05) is 13.8 Å². The lowest BCUT2D eigenvalue weighted by Crippen LogP contribution is -2.42. The normalized spacial score (nSPS) is 12.8. The fraction of sp³-hybridized carbons (Fsp3) is 0.467. The van der Waals surface area contributed by atoms with Crippen LogP contribution in [0.5, 0.6) is 0 Å². The molecule has 0 aliphatic heterocycles. The van der Waals surface area contributed by atoms with Gasteiger partial charge in [-0.15, -0.1) is 0 Å². The molecule has 0 bridgehead atoms. The van der Waals surface area contributed by atoms with E-state index in [9.17, 15) is 22.4 Å². The maximum absolute atomic E-state index is 13.9. The van der Waals surface area contributed by atoms with E-state index in [1.165, 1.54) is 14.2 Å². The quantitative estimate of drug-likeness (QED) is 0.708. The first-order valence-electron chi connectivity index (χ1n) is 7.24. The topological polar surface area (TPSA) is 102 Å². The van der Waals surface area contributed by atoms with Gasteiger partial charge in [-0.2, -0.15) is 0 Å². The van der Waals surface area contributed by atoms with Crippen molar-refractivity contribution >= 4 is 21.9 Å². The summed E-state index contributed by atoms with van der Waals surface area (Å²) in [4.78, 5) is 23.8. The van der Waals surface area contributed by atoms with Crippen molar-refractivity contribution in [2.75, 3.05) is 14.2 Å². The number of nitrogens with one attached hydrogen (secondary N) is 2. The Bertz CT molecular complexity index is 719. The number of amides is 1. The molecule has 0 aromatic heterocycles. The Labute approximate surface area is 140 Å². The lowest BCUT2D eigenvalue weighted by molar-refractivity contribution is -0.143. The molecule has 0 fully saturated rings. The van der Waals surface area contributed by atoms with E-state index in [0.29, 0.717) is 6.42 Å². The Morgan fingerprint density at radius 1 is 1.29 bits per heavy atom. The smallest absolute Gasteiger partial charge is 0.328 e. The summed E-state index contributed by atoms with van der Waals surface area (Å²) in [7, 11) is -1.44. The zero-order valence-electron chi connectivity index (χ0n) is 13.9. The van der Waals surface area contributed by atoms with Crippen LogP contribution >= 0.6 is 0 Å². The number of ether oxygens (including phenoxy) is 1. The molecular weight excluding hydrogens is 339 g/mol. The van der Waals surface area contributed by atoms with Crippen molar-refractivity contribution in [3.63, 3.8) is 0 Å². The van der Waals surface area contributed by atoms with Crippen molar-refractivity contribution in [2.45, 2.75) is 31.2 Å². The van der Waals surface area contributed by atoms with E-state index in [1.807, 2.05) is 13.8 Å². The minimum Gasteiger partial charge on any atom is -0.467 e. The minimum absolute atomic E-state index is 0.0789. The highest BCUT2D eigenvalue weighted by Crippen LogP contribution is 2.16. The molecule has 2 N–H and O–H groups in total. The fourth-order valence-electron chi connectivity index (χ4n) is 2.03. The molecule has 0 radical (unpaired) electrons. The number of halogens is 1. The van der Waals surface area contributed by atoms with Crippen LogP contribution in [0.1, 0.15) is 30.6 Å². The van der Waals surface area contributed by atoms with E-state index in [1.54, 1.807) is 0 Å². The van der Waals surface area contributed by atoms with Crippen molar-refractivity contribution in [1.29, 1.82) is 0 Å². The van der Waals surface area contributed by atoms with Gasteiger partial charge in [0.15, 0.2) is 0 Å². The standard InChI is InChI=1S/C15H21FN2O5S/c1-9(2)7-13(15(20)23-4)18-14(19)11-8-10(5-6-12(11)16)24(21,22)17-3/h5-6,8-9,13,17H,7H2,1-4H3,(H,18,19). The van der Waals surface area contributed by atoms with Gasteiger partial charge < -0.3 is 10.1 Å². The Hall–Kier alpha value is -2.00. The number of esters is 1. The summed E-state index contributed by atoms with van der Waals surface area (Å²) in [6.45, 7) is 3.70. The van der Waals surface area contributed by atoms with E-state index in [0.717, 1.165) is 18.2 Å². The highest BCUT2D eigenvalue weighted by Gasteiger charge is 2.25. The van der Waals surface area contributed by atoms with Gasteiger partial charge in [0, 0.05) is 0 Å². The number of rotatable bonds is 7. The van der Waals surface area contributed by atoms with Gasteiger partial charge in [0.25, 0.3) is 5.91 Å². The van der Waals surface area contributed by atoms with Crippen molar-refractivity contribution in [3.8, 4) is 0 Å². The summed E-state index contributed by atoms with van der Waals surface area (Å²) < 4.78 is 44.2. The molecule has 1 aromatic rings. The molecule has 0 heterocycles. The van der Waals surface area contributed by atoms with E-state index in [2.05, 4.69) is 14.8 Å². The molecule has 0 saturated carbocycles. The van der Waals surface area contributed by atoms with Gasteiger partial charge in [-0.05, 0) is 37.6 Å². The van der Waals surface area contributed by atoms with Crippen molar-refractivity contribution in [3.05, 3.63) is 29.6 Å². The SMILES string of the molecule is CNS(=O)(=O)c1ccc(F)c(C(=O)NC(CC(C)C)C(=O)OC)c1. The Balaban J connectivity index is 3.13. The van der Waals surface area contributed by atoms with Crippen LogP contribution < -0.4 is 10.0 Å².